The van der Waals surface area contributed by atoms with Crippen molar-refractivity contribution < 1.29 is 19.1 Å². The van der Waals surface area contributed by atoms with Crippen LogP contribution in [0.25, 0.3) is 0 Å². The van der Waals surface area contributed by atoms with Crippen molar-refractivity contribution in [3.63, 3.8) is 0 Å². The van der Waals surface area contributed by atoms with Crippen molar-refractivity contribution in [2.24, 2.45) is 17.8 Å². The molecule has 0 aromatic heterocycles. The van der Waals surface area contributed by atoms with Gasteiger partial charge in [-0.3, -0.25) is 9.59 Å². The molecule has 2 aliphatic carbocycles. The summed E-state index contributed by atoms with van der Waals surface area (Å²) in [7, 11) is 3.06. The van der Waals surface area contributed by atoms with Gasteiger partial charge in [-0.15, -0.1) is 0 Å². The minimum Gasteiger partial charge on any atom is -0.469 e. The van der Waals surface area contributed by atoms with Gasteiger partial charge >= 0.3 is 5.97 Å². The molecule has 124 valence electrons. The molecule has 1 N–H and O–H groups in total. The second-order valence-electron chi connectivity index (χ2n) is 6.51. The van der Waals surface area contributed by atoms with Crippen molar-refractivity contribution in [1.82, 2.24) is 5.32 Å². The molecule has 2 aliphatic rings. The Hall–Kier alpha value is -1.88. The highest BCUT2D eigenvalue weighted by Crippen LogP contribution is 2.49. The Balaban J connectivity index is 1.70. The van der Waals surface area contributed by atoms with Crippen molar-refractivity contribution in [1.29, 1.82) is 0 Å². The molecule has 2 bridgehead atoms. The zero-order valence-electron chi connectivity index (χ0n) is 13.6. The van der Waals surface area contributed by atoms with E-state index in [2.05, 4.69) is 5.32 Å². The number of esters is 1. The molecule has 5 nitrogen and oxygen atoms in total. The van der Waals surface area contributed by atoms with Crippen molar-refractivity contribution in [2.45, 2.75) is 31.9 Å². The highest BCUT2D eigenvalue weighted by molar-refractivity contribution is 5.94. The average Bonchev–Trinajstić information content (AvgIpc) is 3.16. The SMILES string of the molecule is COCc1ccc(C(=O)N[C@H]2[C@H]3CC[C@@H](C3)[C@@H]2C(=O)OC)cc1. The third kappa shape index (κ3) is 3.11. The van der Waals surface area contributed by atoms with Crippen molar-refractivity contribution >= 4 is 11.9 Å². The molecule has 0 aliphatic heterocycles. The summed E-state index contributed by atoms with van der Waals surface area (Å²) < 4.78 is 10.0. The second kappa shape index (κ2) is 6.71. The summed E-state index contributed by atoms with van der Waals surface area (Å²) in [6.07, 6.45) is 3.15. The molecule has 0 heterocycles. The van der Waals surface area contributed by atoms with Crippen LogP contribution in [0.15, 0.2) is 24.3 Å². The molecule has 1 amide bonds. The highest BCUT2D eigenvalue weighted by atomic mass is 16.5. The number of methoxy groups -OCH3 is 2. The van der Waals surface area contributed by atoms with E-state index in [1.165, 1.54) is 7.11 Å². The number of amides is 1. The summed E-state index contributed by atoms with van der Waals surface area (Å²) in [6.45, 7) is 0.526. The van der Waals surface area contributed by atoms with E-state index in [9.17, 15) is 9.59 Å². The van der Waals surface area contributed by atoms with Crippen LogP contribution in [0.4, 0.5) is 0 Å². The summed E-state index contributed by atoms with van der Waals surface area (Å²) in [4.78, 5) is 24.6. The molecule has 2 fully saturated rings. The first kappa shape index (κ1) is 16.0. The number of fused-ring (bicyclic) bond motifs is 2. The lowest BCUT2D eigenvalue weighted by molar-refractivity contribution is -0.148. The number of rotatable bonds is 5. The number of carbonyl (C=O) groups excluding carboxylic acids is 2. The van der Waals surface area contributed by atoms with E-state index in [1.807, 2.05) is 12.1 Å². The summed E-state index contributed by atoms with van der Waals surface area (Å²) in [6, 6.07) is 7.26. The van der Waals surface area contributed by atoms with Crippen LogP contribution >= 0.6 is 0 Å². The van der Waals surface area contributed by atoms with E-state index in [1.54, 1.807) is 19.2 Å². The van der Waals surface area contributed by atoms with Gasteiger partial charge in [0.15, 0.2) is 0 Å². The number of benzene rings is 1. The zero-order valence-corrected chi connectivity index (χ0v) is 13.6. The normalized spacial score (nSPS) is 28.6. The maximum atomic E-state index is 12.5. The molecule has 23 heavy (non-hydrogen) atoms. The zero-order chi connectivity index (χ0) is 16.4. The largest absolute Gasteiger partial charge is 0.469 e. The molecule has 0 spiro atoms. The maximum Gasteiger partial charge on any atom is 0.311 e. The summed E-state index contributed by atoms with van der Waals surface area (Å²) in [5.41, 5.74) is 1.63. The van der Waals surface area contributed by atoms with Gasteiger partial charge < -0.3 is 14.8 Å². The lowest BCUT2D eigenvalue weighted by atomic mass is 9.84. The predicted molar refractivity (Wildman–Crippen MR) is 84.7 cm³/mol. The molecule has 0 radical (unpaired) electrons. The lowest BCUT2D eigenvalue weighted by Gasteiger charge is -2.29. The molecule has 1 aromatic rings. The maximum absolute atomic E-state index is 12.5. The van der Waals surface area contributed by atoms with E-state index in [0.29, 0.717) is 24.0 Å². The quantitative estimate of drug-likeness (QED) is 0.845. The molecule has 2 saturated carbocycles. The number of hydrogen-bond acceptors (Lipinski definition) is 4. The molecule has 3 rings (SSSR count). The number of ether oxygens (including phenoxy) is 2. The smallest absolute Gasteiger partial charge is 0.311 e. The fraction of sp³-hybridized carbons (Fsp3) is 0.556. The third-order valence-corrected chi connectivity index (χ3v) is 5.21. The van der Waals surface area contributed by atoms with E-state index >= 15 is 0 Å². The minimum atomic E-state index is -0.199. The van der Waals surface area contributed by atoms with Crippen LogP contribution in [0, 0.1) is 17.8 Å². The Kier molecular flexibility index (Phi) is 4.66. The van der Waals surface area contributed by atoms with Crippen LogP contribution in [0.2, 0.25) is 0 Å². The number of nitrogens with one attached hydrogen (secondary N) is 1. The van der Waals surface area contributed by atoms with Crippen molar-refractivity contribution in [3.05, 3.63) is 35.4 Å². The third-order valence-electron chi connectivity index (χ3n) is 5.21. The summed E-state index contributed by atoms with van der Waals surface area (Å²) >= 11 is 0. The van der Waals surface area contributed by atoms with Crippen LogP contribution in [-0.2, 0) is 20.9 Å². The van der Waals surface area contributed by atoms with Gasteiger partial charge in [0, 0.05) is 18.7 Å². The van der Waals surface area contributed by atoms with Gasteiger partial charge in [0.05, 0.1) is 19.6 Å². The van der Waals surface area contributed by atoms with Crippen molar-refractivity contribution in [3.8, 4) is 0 Å². The van der Waals surface area contributed by atoms with Crippen LogP contribution < -0.4 is 5.32 Å². The molecule has 0 unspecified atom stereocenters. The van der Waals surface area contributed by atoms with Crippen LogP contribution in [0.1, 0.15) is 35.2 Å². The molecule has 0 saturated heterocycles. The van der Waals surface area contributed by atoms with Crippen LogP contribution in [-0.4, -0.2) is 32.1 Å². The predicted octanol–water partition coefficient (Wildman–Crippen LogP) is 2.15. The lowest BCUT2D eigenvalue weighted by Crippen LogP contribution is -2.47. The average molecular weight is 317 g/mol. The summed E-state index contributed by atoms with van der Waals surface area (Å²) in [5, 5.41) is 3.07. The van der Waals surface area contributed by atoms with E-state index in [-0.39, 0.29) is 23.8 Å². The Morgan fingerprint density at radius 3 is 2.48 bits per heavy atom. The van der Waals surface area contributed by atoms with Gasteiger partial charge in [0.1, 0.15) is 0 Å². The molecule has 1 aromatic carbocycles. The fourth-order valence-corrected chi connectivity index (χ4v) is 4.13. The Morgan fingerprint density at radius 1 is 1.13 bits per heavy atom. The minimum absolute atomic E-state index is 0.104. The second-order valence-corrected chi connectivity index (χ2v) is 6.51. The Bertz CT molecular complexity index is 583. The van der Waals surface area contributed by atoms with Gasteiger partial charge in [0.2, 0.25) is 0 Å². The summed E-state index contributed by atoms with van der Waals surface area (Å²) in [5.74, 6) is 0.219. The van der Waals surface area contributed by atoms with E-state index in [0.717, 1.165) is 24.8 Å². The first-order valence-electron chi connectivity index (χ1n) is 8.10. The Labute approximate surface area is 136 Å². The molecular formula is C18H23NO4. The van der Waals surface area contributed by atoms with Gasteiger partial charge in [-0.1, -0.05) is 12.1 Å². The van der Waals surface area contributed by atoms with E-state index in [4.69, 9.17) is 9.47 Å². The van der Waals surface area contributed by atoms with Gasteiger partial charge in [-0.25, -0.2) is 0 Å². The standard InChI is InChI=1S/C18H23NO4/c1-22-10-11-3-5-12(6-4-11)17(20)19-16-14-8-7-13(9-14)15(16)18(21)23-2/h3-6,13-16H,7-10H2,1-2H3,(H,19,20)/t13-,14-,15-,16-/m0/s1. The van der Waals surface area contributed by atoms with Crippen molar-refractivity contribution in [2.75, 3.05) is 14.2 Å². The highest BCUT2D eigenvalue weighted by Gasteiger charge is 2.52. The van der Waals surface area contributed by atoms with Gasteiger partial charge in [0.25, 0.3) is 5.91 Å². The van der Waals surface area contributed by atoms with Gasteiger partial charge in [-0.05, 0) is 48.8 Å². The number of hydrogen-bond donors (Lipinski definition) is 1. The molecule has 4 atom stereocenters. The van der Waals surface area contributed by atoms with Gasteiger partial charge in [-0.2, -0.15) is 0 Å². The first-order chi connectivity index (χ1) is 11.1. The molecular weight excluding hydrogens is 294 g/mol. The van der Waals surface area contributed by atoms with Crippen LogP contribution in [0.3, 0.4) is 0 Å². The van der Waals surface area contributed by atoms with Crippen LogP contribution in [0.5, 0.6) is 0 Å². The topological polar surface area (TPSA) is 64.6 Å². The van der Waals surface area contributed by atoms with E-state index < -0.39 is 0 Å². The first-order valence-corrected chi connectivity index (χ1v) is 8.10. The fourth-order valence-electron chi connectivity index (χ4n) is 4.13. The molecule has 5 heteroatoms. The number of carbonyl (C=O) groups is 2. The monoisotopic (exact) mass is 317 g/mol. The Morgan fingerprint density at radius 2 is 1.83 bits per heavy atom.